The molecule has 0 atom stereocenters. The number of halogens is 3. The highest BCUT2D eigenvalue weighted by atomic mass is 32.2. The number of fused-ring (bicyclic) bond motifs is 1. The molecule has 2 N–H and O–H groups in total. The fraction of sp³-hybridized carbons (Fsp3) is 0.150. The first-order valence-electron chi connectivity index (χ1n) is 9.32. The molecule has 0 aliphatic carbocycles. The van der Waals surface area contributed by atoms with E-state index in [1.54, 1.807) is 19.1 Å². The number of pyridine rings is 1. The monoisotopic (exact) mass is 480 g/mol. The number of hydrogen-bond donors (Lipinski definition) is 2. The van der Waals surface area contributed by atoms with Gasteiger partial charge in [-0.3, -0.25) is 4.79 Å². The summed E-state index contributed by atoms with van der Waals surface area (Å²) in [5.74, 6) is -0.159. The fourth-order valence-corrected chi connectivity index (χ4v) is 4.02. The summed E-state index contributed by atoms with van der Waals surface area (Å²) in [7, 11) is -4.37. The van der Waals surface area contributed by atoms with Crippen molar-refractivity contribution in [3.63, 3.8) is 0 Å². The van der Waals surface area contributed by atoms with E-state index in [0.29, 0.717) is 22.5 Å². The van der Waals surface area contributed by atoms with Gasteiger partial charge in [0.1, 0.15) is 12.2 Å². The van der Waals surface area contributed by atoms with Crippen LogP contribution in [0.1, 0.15) is 16.1 Å². The van der Waals surface area contributed by atoms with Crippen LogP contribution in [0.5, 0.6) is 0 Å². The molecule has 0 unspecified atom stereocenters. The lowest BCUT2D eigenvalue weighted by atomic mass is 10.1. The van der Waals surface area contributed by atoms with Crippen molar-refractivity contribution in [2.24, 2.45) is 0 Å². The van der Waals surface area contributed by atoms with Gasteiger partial charge in [-0.2, -0.15) is 13.2 Å². The van der Waals surface area contributed by atoms with Crippen LogP contribution in [0, 0.1) is 6.92 Å². The van der Waals surface area contributed by atoms with Crippen LogP contribution in [0.15, 0.2) is 62.6 Å². The molecule has 1 aromatic carbocycles. The van der Waals surface area contributed by atoms with Crippen molar-refractivity contribution in [2.45, 2.75) is 18.0 Å². The first kappa shape index (κ1) is 22.5. The molecule has 172 valence electrons. The van der Waals surface area contributed by atoms with Crippen LogP contribution >= 0.6 is 0 Å². The third-order valence-electron chi connectivity index (χ3n) is 4.52. The number of nitrogens with one attached hydrogen (secondary N) is 2. The molecule has 0 aliphatic rings. The van der Waals surface area contributed by atoms with Gasteiger partial charge in [-0.1, -0.05) is 5.16 Å². The van der Waals surface area contributed by atoms with Gasteiger partial charge in [0.05, 0.1) is 27.8 Å². The van der Waals surface area contributed by atoms with E-state index >= 15 is 0 Å². The fourth-order valence-electron chi connectivity index (χ4n) is 3.00. The van der Waals surface area contributed by atoms with Crippen molar-refractivity contribution >= 4 is 32.7 Å². The molecule has 0 radical (unpaired) electrons. The van der Waals surface area contributed by atoms with Gasteiger partial charge >= 0.3 is 6.18 Å². The molecule has 0 saturated carbocycles. The normalized spacial score (nSPS) is 12.2. The SMILES string of the molecule is Cc1noc2nc(-c3ccco3)cc(C(=O)Nc3ccc(S(=O)(=O)NCC(F)(F)F)cc3)c12. The minimum absolute atomic E-state index is 0.128. The zero-order valence-electron chi connectivity index (χ0n) is 16.8. The van der Waals surface area contributed by atoms with Gasteiger partial charge in [0, 0.05) is 5.69 Å². The molecule has 0 fully saturated rings. The van der Waals surface area contributed by atoms with E-state index in [9.17, 15) is 26.4 Å². The molecule has 4 rings (SSSR count). The van der Waals surface area contributed by atoms with Gasteiger partial charge in [-0.15, -0.1) is 0 Å². The van der Waals surface area contributed by atoms with Crippen molar-refractivity contribution in [3.8, 4) is 11.5 Å². The number of alkyl halides is 3. The Balaban J connectivity index is 1.59. The average molecular weight is 480 g/mol. The van der Waals surface area contributed by atoms with E-state index < -0.39 is 28.7 Å². The Morgan fingerprint density at radius 1 is 1.15 bits per heavy atom. The molecule has 13 heteroatoms. The first-order chi connectivity index (χ1) is 15.5. The Morgan fingerprint density at radius 3 is 2.52 bits per heavy atom. The minimum atomic E-state index is -4.69. The largest absolute Gasteiger partial charge is 0.463 e. The quantitative estimate of drug-likeness (QED) is 0.429. The van der Waals surface area contributed by atoms with Crippen molar-refractivity contribution in [2.75, 3.05) is 11.9 Å². The number of anilines is 1. The number of furan rings is 1. The van der Waals surface area contributed by atoms with Crippen molar-refractivity contribution < 1.29 is 35.3 Å². The Kier molecular flexibility index (Phi) is 5.68. The molecule has 0 aliphatic heterocycles. The second kappa shape index (κ2) is 8.33. The zero-order valence-corrected chi connectivity index (χ0v) is 17.6. The molecular formula is C20H15F3N4O5S. The summed E-state index contributed by atoms with van der Waals surface area (Å²) in [5.41, 5.74) is 1.31. The van der Waals surface area contributed by atoms with Crippen LogP contribution in [0.3, 0.4) is 0 Å². The van der Waals surface area contributed by atoms with Gasteiger partial charge in [-0.05, 0) is 49.4 Å². The second-order valence-electron chi connectivity index (χ2n) is 6.90. The highest BCUT2D eigenvalue weighted by Crippen LogP contribution is 2.28. The molecule has 4 aromatic rings. The summed E-state index contributed by atoms with van der Waals surface area (Å²) in [4.78, 5) is 16.9. The minimum Gasteiger partial charge on any atom is -0.463 e. The van der Waals surface area contributed by atoms with Gasteiger partial charge in [0.15, 0.2) is 5.76 Å². The Labute approximate surface area is 184 Å². The Morgan fingerprint density at radius 2 is 1.88 bits per heavy atom. The van der Waals surface area contributed by atoms with E-state index in [2.05, 4.69) is 15.5 Å². The lowest BCUT2D eigenvalue weighted by Crippen LogP contribution is -2.33. The molecule has 0 spiro atoms. The van der Waals surface area contributed by atoms with Gasteiger partial charge in [0.25, 0.3) is 11.6 Å². The summed E-state index contributed by atoms with van der Waals surface area (Å²) in [6.07, 6.45) is -3.24. The molecule has 3 heterocycles. The number of benzene rings is 1. The molecule has 3 aromatic heterocycles. The number of sulfonamides is 1. The summed E-state index contributed by atoms with van der Waals surface area (Å²) in [6, 6.07) is 9.49. The van der Waals surface area contributed by atoms with Crippen molar-refractivity contribution in [1.82, 2.24) is 14.9 Å². The van der Waals surface area contributed by atoms with Crippen LogP contribution < -0.4 is 10.0 Å². The maximum Gasteiger partial charge on any atom is 0.402 e. The van der Waals surface area contributed by atoms with Crippen LogP contribution in [0.2, 0.25) is 0 Å². The van der Waals surface area contributed by atoms with Gasteiger partial charge in [0.2, 0.25) is 10.0 Å². The number of hydrogen-bond acceptors (Lipinski definition) is 7. The van der Waals surface area contributed by atoms with E-state index in [-0.39, 0.29) is 21.9 Å². The molecule has 1 amide bonds. The highest BCUT2D eigenvalue weighted by Gasteiger charge is 2.30. The van der Waals surface area contributed by atoms with E-state index in [4.69, 9.17) is 8.94 Å². The number of carbonyl (C=O) groups excluding carboxylic acids is 1. The number of nitrogens with zero attached hydrogens (tertiary/aromatic N) is 2. The van der Waals surface area contributed by atoms with Crippen LogP contribution in [-0.4, -0.2) is 37.2 Å². The third kappa shape index (κ3) is 4.88. The number of aromatic nitrogens is 2. The maximum atomic E-state index is 13.0. The highest BCUT2D eigenvalue weighted by molar-refractivity contribution is 7.89. The topological polar surface area (TPSA) is 127 Å². The lowest BCUT2D eigenvalue weighted by Gasteiger charge is -2.11. The molecule has 9 nitrogen and oxygen atoms in total. The van der Waals surface area contributed by atoms with Crippen molar-refractivity contribution in [1.29, 1.82) is 0 Å². The smallest absolute Gasteiger partial charge is 0.402 e. The summed E-state index contributed by atoms with van der Waals surface area (Å²) in [6.45, 7) is -0.0492. The summed E-state index contributed by atoms with van der Waals surface area (Å²) in [5, 5.41) is 6.84. The molecular weight excluding hydrogens is 465 g/mol. The predicted octanol–water partition coefficient (Wildman–Crippen LogP) is 3.88. The third-order valence-corrected chi connectivity index (χ3v) is 5.94. The van der Waals surface area contributed by atoms with E-state index in [0.717, 1.165) is 12.1 Å². The van der Waals surface area contributed by atoms with Crippen molar-refractivity contribution in [3.05, 3.63) is 60.0 Å². The second-order valence-corrected chi connectivity index (χ2v) is 8.67. The van der Waals surface area contributed by atoms with Crippen LogP contribution in [0.25, 0.3) is 22.6 Å². The van der Waals surface area contributed by atoms with Crippen LogP contribution in [-0.2, 0) is 10.0 Å². The lowest BCUT2D eigenvalue weighted by molar-refractivity contribution is -0.121. The molecule has 33 heavy (non-hydrogen) atoms. The number of aryl methyl sites for hydroxylation is 1. The predicted molar refractivity (Wildman–Crippen MR) is 110 cm³/mol. The van der Waals surface area contributed by atoms with Gasteiger partial charge in [-0.25, -0.2) is 18.1 Å². The standard InChI is InChI=1S/C20H15F3N4O5S/c1-11-17-14(9-15(16-3-2-8-31-16)26-19(17)32-27-11)18(28)25-12-4-6-13(7-5-12)33(29,30)24-10-20(21,22)23/h2-9,24H,10H2,1H3,(H,25,28). The first-order valence-corrected chi connectivity index (χ1v) is 10.8. The zero-order chi connectivity index (χ0) is 23.8. The summed E-state index contributed by atoms with van der Waals surface area (Å²) >= 11 is 0. The number of amides is 1. The van der Waals surface area contributed by atoms with Crippen LogP contribution in [0.4, 0.5) is 18.9 Å². The number of rotatable bonds is 6. The van der Waals surface area contributed by atoms with E-state index in [1.165, 1.54) is 29.2 Å². The maximum absolute atomic E-state index is 13.0. The van der Waals surface area contributed by atoms with E-state index in [1.807, 2.05) is 0 Å². The average Bonchev–Trinajstić information content (AvgIpc) is 3.42. The Hall–Kier alpha value is -3.71. The van der Waals surface area contributed by atoms with Gasteiger partial charge < -0.3 is 14.3 Å². The summed E-state index contributed by atoms with van der Waals surface area (Å²) < 4.78 is 72.9. The Bertz CT molecular complexity index is 1410. The number of carbonyl (C=O) groups is 1. The molecule has 0 bridgehead atoms. The molecule has 0 saturated heterocycles.